The Morgan fingerprint density at radius 3 is 2.36 bits per heavy atom. The van der Waals surface area contributed by atoms with Crippen molar-refractivity contribution in [3.05, 3.63) is 29.3 Å². The van der Waals surface area contributed by atoms with Gasteiger partial charge in [0.2, 0.25) is 0 Å². The third-order valence-electron chi connectivity index (χ3n) is 2.72. The van der Waals surface area contributed by atoms with Gasteiger partial charge in [0.15, 0.2) is 0 Å². The molecule has 0 amide bonds. The number of carboxylic acids is 1. The minimum absolute atomic E-state index is 0.0331. The summed E-state index contributed by atoms with van der Waals surface area (Å²) in [5.41, 5.74) is 1.97. The molecule has 0 heterocycles. The minimum atomic E-state index is -0.874. The van der Waals surface area contributed by atoms with Gasteiger partial charge >= 0.3 is 11.9 Å². The van der Waals surface area contributed by atoms with Gasteiger partial charge in [-0.25, -0.2) is 0 Å². The van der Waals surface area contributed by atoms with Gasteiger partial charge in [-0.15, -0.1) is 0 Å². The number of nitrogens with one attached hydrogen (secondary N) is 2. The van der Waals surface area contributed by atoms with E-state index in [2.05, 4.69) is 10.6 Å². The molecular formula is C16H24N2O4. The van der Waals surface area contributed by atoms with Gasteiger partial charge < -0.3 is 20.5 Å². The molecule has 1 rings (SSSR count). The number of carbonyl (C=O) groups is 2. The quantitative estimate of drug-likeness (QED) is 0.666. The third kappa shape index (κ3) is 7.08. The molecule has 0 bridgehead atoms. The van der Waals surface area contributed by atoms with Crippen molar-refractivity contribution in [3.8, 4) is 0 Å². The van der Waals surface area contributed by atoms with Crippen LogP contribution < -0.4 is 10.6 Å². The average Bonchev–Trinajstić information content (AvgIpc) is 2.35. The van der Waals surface area contributed by atoms with E-state index in [0.29, 0.717) is 12.1 Å². The highest BCUT2D eigenvalue weighted by molar-refractivity contribution is 5.72. The van der Waals surface area contributed by atoms with Crippen LogP contribution in [0.15, 0.2) is 18.2 Å². The van der Waals surface area contributed by atoms with Gasteiger partial charge in [0, 0.05) is 19.3 Å². The topological polar surface area (TPSA) is 87.7 Å². The van der Waals surface area contributed by atoms with Crippen LogP contribution >= 0.6 is 0 Å². The normalized spacial score (nSPS) is 11.1. The lowest BCUT2D eigenvalue weighted by atomic mass is 10.1. The Morgan fingerprint density at radius 1 is 1.18 bits per heavy atom. The maximum Gasteiger partial charge on any atom is 0.320 e. The predicted molar refractivity (Wildman–Crippen MR) is 84.9 cm³/mol. The molecular weight excluding hydrogens is 284 g/mol. The van der Waals surface area contributed by atoms with E-state index in [0.717, 1.165) is 11.3 Å². The maximum absolute atomic E-state index is 11.6. The molecule has 0 atom stereocenters. The van der Waals surface area contributed by atoms with E-state index >= 15 is 0 Å². The number of benzene rings is 1. The van der Waals surface area contributed by atoms with Crippen molar-refractivity contribution in [1.29, 1.82) is 0 Å². The zero-order valence-electron chi connectivity index (χ0n) is 13.5. The Kier molecular flexibility index (Phi) is 6.37. The highest BCUT2D eigenvalue weighted by Crippen LogP contribution is 2.15. The summed E-state index contributed by atoms with van der Waals surface area (Å²) in [5.74, 6) is -1.19. The molecule has 122 valence electrons. The largest absolute Gasteiger partial charge is 0.481 e. The molecule has 0 aliphatic heterocycles. The lowest BCUT2D eigenvalue weighted by Gasteiger charge is -2.19. The van der Waals surface area contributed by atoms with Crippen LogP contribution in [0.2, 0.25) is 0 Å². The zero-order chi connectivity index (χ0) is 16.8. The summed E-state index contributed by atoms with van der Waals surface area (Å²) < 4.78 is 5.21. The summed E-state index contributed by atoms with van der Waals surface area (Å²) in [6.07, 6.45) is -0.0331. The van der Waals surface area contributed by atoms with Gasteiger partial charge in [0.1, 0.15) is 5.60 Å². The molecule has 0 radical (unpaired) electrons. The number of rotatable bonds is 7. The third-order valence-corrected chi connectivity index (χ3v) is 2.72. The fourth-order valence-corrected chi connectivity index (χ4v) is 1.97. The van der Waals surface area contributed by atoms with Gasteiger partial charge in [-0.1, -0.05) is 6.07 Å². The molecule has 0 fully saturated rings. The smallest absolute Gasteiger partial charge is 0.320 e. The molecule has 1 aromatic carbocycles. The number of carboxylic acid groups (broad SMARTS) is 1. The van der Waals surface area contributed by atoms with Crippen LogP contribution in [0, 0.1) is 0 Å². The summed E-state index contributed by atoms with van der Waals surface area (Å²) in [6, 6.07) is 5.52. The summed E-state index contributed by atoms with van der Waals surface area (Å²) >= 11 is 0. The van der Waals surface area contributed by atoms with Crippen LogP contribution in [0.1, 0.15) is 31.9 Å². The van der Waals surface area contributed by atoms with Gasteiger partial charge in [-0.3, -0.25) is 9.59 Å². The second-order valence-electron chi connectivity index (χ2n) is 6.05. The van der Waals surface area contributed by atoms with Crippen LogP contribution in [0.25, 0.3) is 0 Å². The van der Waals surface area contributed by atoms with Crippen molar-refractivity contribution in [2.45, 2.75) is 39.3 Å². The average molecular weight is 308 g/mol. The molecule has 0 aliphatic carbocycles. The second-order valence-corrected chi connectivity index (χ2v) is 6.05. The van der Waals surface area contributed by atoms with Gasteiger partial charge in [0.05, 0.1) is 13.0 Å². The van der Waals surface area contributed by atoms with E-state index in [-0.39, 0.29) is 18.9 Å². The molecule has 0 unspecified atom stereocenters. The van der Waals surface area contributed by atoms with E-state index in [1.54, 1.807) is 13.1 Å². The van der Waals surface area contributed by atoms with E-state index in [4.69, 9.17) is 9.84 Å². The number of carbonyl (C=O) groups excluding carboxylic acids is 1. The summed E-state index contributed by atoms with van der Waals surface area (Å²) in [6.45, 7) is 6.02. The van der Waals surface area contributed by atoms with Gasteiger partial charge in [-0.2, -0.15) is 0 Å². The number of esters is 1. The number of hydrogen-bond acceptors (Lipinski definition) is 5. The van der Waals surface area contributed by atoms with Crippen LogP contribution in [-0.4, -0.2) is 36.2 Å². The first-order valence-corrected chi connectivity index (χ1v) is 7.14. The van der Waals surface area contributed by atoms with Crippen LogP contribution in [0.4, 0.5) is 5.69 Å². The highest BCUT2D eigenvalue weighted by Gasteiger charge is 2.15. The number of anilines is 1. The lowest BCUT2D eigenvalue weighted by molar-refractivity contribution is -0.153. The molecule has 6 nitrogen and oxygen atoms in total. The second kappa shape index (κ2) is 7.79. The molecule has 0 saturated carbocycles. The molecule has 0 saturated heterocycles. The summed E-state index contributed by atoms with van der Waals surface area (Å²) in [5, 5.41) is 14.9. The maximum atomic E-state index is 11.6. The van der Waals surface area contributed by atoms with E-state index in [9.17, 15) is 9.59 Å². The number of ether oxygens (including phenoxy) is 1. The van der Waals surface area contributed by atoms with Crippen LogP contribution in [0.5, 0.6) is 0 Å². The van der Waals surface area contributed by atoms with Crippen molar-refractivity contribution in [3.63, 3.8) is 0 Å². The molecule has 0 spiro atoms. The van der Waals surface area contributed by atoms with E-state index in [1.807, 2.05) is 32.9 Å². The Labute approximate surface area is 130 Å². The summed E-state index contributed by atoms with van der Waals surface area (Å²) in [7, 11) is 1.78. The zero-order valence-corrected chi connectivity index (χ0v) is 13.5. The standard InChI is InChI=1S/C16H24N2O4/c1-16(2,3)22-15(21)10-18-9-12-5-11(8-14(19)20)6-13(7-12)17-4/h5-7,17-18H,8-10H2,1-4H3,(H,19,20). The lowest BCUT2D eigenvalue weighted by Crippen LogP contribution is -2.31. The molecule has 6 heteroatoms. The van der Waals surface area contributed by atoms with Crippen molar-refractivity contribution >= 4 is 17.6 Å². The van der Waals surface area contributed by atoms with Gasteiger partial charge in [-0.05, 0) is 44.0 Å². The van der Waals surface area contributed by atoms with Crippen molar-refractivity contribution in [2.75, 3.05) is 18.9 Å². The van der Waals surface area contributed by atoms with Gasteiger partial charge in [0.25, 0.3) is 0 Å². The number of aliphatic carboxylic acids is 1. The Bertz CT molecular complexity index is 535. The first-order chi connectivity index (χ1) is 10.2. The molecule has 22 heavy (non-hydrogen) atoms. The SMILES string of the molecule is CNc1cc(CNCC(=O)OC(C)(C)C)cc(CC(=O)O)c1. The molecule has 0 aliphatic rings. The van der Waals surface area contributed by atoms with Crippen molar-refractivity contribution in [1.82, 2.24) is 5.32 Å². The van der Waals surface area contributed by atoms with Crippen LogP contribution in [-0.2, 0) is 27.3 Å². The summed E-state index contributed by atoms with van der Waals surface area (Å²) in [4.78, 5) is 22.4. The van der Waals surface area contributed by atoms with Crippen LogP contribution in [0.3, 0.4) is 0 Å². The molecule has 3 N–H and O–H groups in total. The first kappa shape index (κ1) is 18.0. The Balaban J connectivity index is 2.61. The monoisotopic (exact) mass is 308 g/mol. The molecule has 1 aromatic rings. The minimum Gasteiger partial charge on any atom is -0.481 e. The molecule has 0 aromatic heterocycles. The van der Waals surface area contributed by atoms with E-state index in [1.165, 1.54) is 0 Å². The van der Waals surface area contributed by atoms with E-state index < -0.39 is 11.6 Å². The first-order valence-electron chi connectivity index (χ1n) is 7.14. The highest BCUT2D eigenvalue weighted by atomic mass is 16.6. The Morgan fingerprint density at radius 2 is 1.82 bits per heavy atom. The predicted octanol–water partition coefficient (Wildman–Crippen LogP) is 1.79. The Hall–Kier alpha value is -2.08. The fraction of sp³-hybridized carbons (Fsp3) is 0.500. The number of hydrogen-bond donors (Lipinski definition) is 3. The van der Waals surface area contributed by atoms with Crippen molar-refractivity contribution < 1.29 is 19.4 Å². The fourth-order valence-electron chi connectivity index (χ4n) is 1.97. The van der Waals surface area contributed by atoms with Crippen molar-refractivity contribution in [2.24, 2.45) is 0 Å².